The summed E-state index contributed by atoms with van der Waals surface area (Å²) in [4.78, 5) is 1.71. The molecule has 19 heavy (non-hydrogen) atoms. The smallest absolute Gasteiger partial charge is 0.393 e. The molecule has 1 heterocycles. The number of hydrogen-bond acceptors (Lipinski definition) is 2. The molecule has 1 unspecified atom stereocenters. The van der Waals surface area contributed by atoms with Crippen LogP contribution < -0.4 is 5.73 Å². The van der Waals surface area contributed by atoms with E-state index >= 15 is 0 Å². The Balaban J connectivity index is 2.00. The Morgan fingerprint density at radius 3 is 2.68 bits per heavy atom. The summed E-state index contributed by atoms with van der Waals surface area (Å²) in [5.41, 5.74) is 6.06. The topological polar surface area (TPSA) is 29.3 Å². The maximum absolute atomic E-state index is 13.3. The lowest BCUT2D eigenvalue weighted by molar-refractivity contribution is -0.187. The number of likely N-dealkylation sites (tertiary alicyclic amines) is 1. The highest BCUT2D eigenvalue weighted by Crippen LogP contribution is 2.33. The first-order valence-electron chi connectivity index (χ1n) is 6.19. The fourth-order valence-corrected chi connectivity index (χ4v) is 2.39. The monoisotopic (exact) mass is 276 g/mol. The molecule has 0 spiro atoms. The van der Waals surface area contributed by atoms with Crippen LogP contribution in [0.15, 0.2) is 18.2 Å². The average Bonchev–Trinajstić information content (AvgIpc) is 2.33. The number of nitrogen functional groups attached to an aromatic ring is 1. The molecule has 1 aromatic rings. The molecular formula is C13H16F4N2. The van der Waals surface area contributed by atoms with Gasteiger partial charge in [-0.2, -0.15) is 13.2 Å². The molecule has 1 aromatic carbocycles. The van der Waals surface area contributed by atoms with E-state index < -0.39 is 17.9 Å². The van der Waals surface area contributed by atoms with Gasteiger partial charge in [0.15, 0.2) is 0 Å². The van der Waals surface area contributed by atoms with Crippen molar-refractivity contribution in [1.29, 1.82) is 0 Å². The lowest BCUT2D eigenvalue weighted by Gasteiger charge is -2.33. The van der Waals surface area contributed by atoms with Gasteiger partial charge in [0.2, 0.25) is 0 Å². The third kappa shape index (κ3) is 3.59. The van der Waals surface area contributed by atoms with Gasteiger partial charge in [0, 0.05) is 13.1 Å². The maximum Gasteiger partial charge on any atom is 0.393 e. The SMILES string of the molecule is Nc1ccc(CN2CCCC(C(F)(F)F)C2)cc1F. The number of benzene rings is 1. The number of piperidine rings is 1. The summed E-state index contributed by atoms with van der Waals surface area (Å²) in [6, 6.07) is 4.37. The predicted octanol–water partition coefficient (Wildman–Crippen LogP) is 3.18. The Kier molecular flexibility index (Phi) is 3.99. The number of anilines is 1. The van der Waals surface area contributed by atoms with Gasteiger partial charge in [0.25, 0.3) is 0 Å². The van der Waals surface area contributed by atoms with E-state index in [1.165, 1.54) is 12.1 Å². The molecule has 1 aliphatic rings. The van der Waals surface area contributed by atoms with Crippen LogP contribution in [0.2, 0.25) is 0 Å². The standard InChI is InChI=1S/C13H16F4N2/c14-11-6-9(3-4-12(11)18)7-19-5-1-2-10(8-19)13(15,16)17/h3-4,6,10H,1-2,5,7-8,18H2. The average molecular weight is 276 g/mol. The second-order valence-electron chi connectivity index (χ2n) is 4.97. The molecule has 0 aliphatic carbocycles. The van der Waals surface area contributed by atoms with Crippen LogP contribution in [0.5, 0.6) is 0 Å². The highest BCUT2D eigenvalue weighted by Gasteiger charge is 2.41. The third-order valence-electron chi connectivity index (χ3n) is 3.44. The highest BCUT2D eigenvalue weighted by atomic mass is 19.4. The van der Waals surface area contributed by atoms with Crippen LogP contribution >= 0.6 is 0 Å². The minimum Gasteiger partial charge on any atom is -0.396 e. The molecule has 0 radical (unpaired) electrons. The molecule has 2 rings (SSSR count). The molecule has 1 fully saturated rings. The van der Waals surface area contributed by atoms with Crippen LogP contribution in [0.1, 0.15) is 18.4 Å². The van der Waals surface area contributed by atoms with E-state index in [-0.39, 0.29) is 18.7 Å². The Bertz CT molecular complexity index is 445. The van der Waals surface area contributed by atoms with Crippen molar-refractivity contribution >= 4 is 5.69 Å². The van der Waals surface area contributed by atoms with Crippen molar-refractivity contribution in [2.45, 2.75) is 25.6 Å². The number of halogens is 4. The molecular weight excluding hydrogens is 260 g/mol. The first-order valence-corrected chi connectivity index (χ1v) is 6.19. The normalized spacial score (nSPS) is 21.6. The Labute approximate surface area is 109 Å². The van der Waals surface area contributed by atoms with Gasteiger partial charge in [-0.05, 0) is 37.1 Å². The van der Waals surface area contributed by atoms with E-state index in [4.69, 9.17) is 5.73 Å². The van der Waals surface area contributed by atoms with Crippen molar-refractivity contribution in [3.63, 3.8) is 0 Å². The van der Waals surface area contributed by atoms with E-state index in [9.17, 15) is 17.6 Å². The molecule has 2 N–H and O–H groups in total. The summed E-state index contributed by atoms with van der Waals surface area (Å²) in [7, 11) is 0. The lowest BCUT2D eigenvalue weighted by atomic mass is 9.97. The van der Waals surface area contributed by atoms with E-state index in [0.717, 1.165) is 0 Å². The summed E-state index contributed by atoms with van der Waals surface area (Å²) in [6.07, 6.45) is -3.46. The summed E-state index contributed by atoms with van der Waals surface area (Å²) >= 11 is 0. The van der Waals surface area contributed by atoms with E-state index in [1.54, 1.807) is 11.0 Å². The molecule has 0 saturated carbocycles. The van der Waals surface area contributed by atoms with Crippen LogP contribution in [-0.4, -0.2) is 24.2 Å². The van der Waals surface area contributed by atoms with Crippen LogP contribution in [0.25, 0.3) is 0 Å². The summed E-state index contributed by atoms with van der Waals surface area (Å²) in [5.74, 6) is -1.80. The van der Waals surface area contributed by atoms with Crippen molar-refractivity contribution in [3.05, 3.63) is 29.6 Å². The largest absolute Gasteiger partial charge is 0.396 e. The fourth-order valence-electron chi connectivity index (χ4n) is 2.39. The number of nitrogens with two attached hydrogens (primary N) is 1. The minimum atomic E-state index is -4.15. The van der Waals surface area contributed by atoms with Crippen LogP contribution in [0.3, 0.4) is 0 Å². The molecule has 2 nitrogen and oxygen atoms in total. The van der Waals surface area contributed by atoms with Crippen molar-refractivity contribution < 1.29 is 17.6 Å². The van der Waals surface area contributed by atoms with Crippen molar-refractivity contribution in [2.24, 2.45) is 5.92 Å². The van der Waals surface area contributed by atoms with Gasteiger partial charge in [-0.1, -0.05) is 6.07 Å². The zero-order valence-electron chi connectivity index (χ0n) is 10.4. The number of nitrogens with zero attached hydrogens (tertiary/aromatic N) is 1. The number of hydrogen-bond donors (Lipinski definition) is 1. The Hall–Kier alpha value is -1.30. The summed E-state index contributed by atoms with van der Waals surface area (Å²) in [6.45, 7) is 0.915. The van der Waals surface area contributed by atoms with E-state index in [2.05, 4.69) is 0 Å². The molecule has 0 bridgehead atoms. The van der Waals surface area contributed by atoms with Crippen LogP contribution in [-0.2, 0) is 6.54 Å². The molecule has 0 aromatic heterocycles. The molecule has 1 saturated heterocycles. The zero-order valence-corrected chi connectivity index (χ0v) is 10.4. The van der Waals surface area contributed by atoms with Gasteiger partial charge < -0.3 is 5.73 Å². The summed E-state index contributed by atoms with van der Waals surface area (Å²) in [5, 5.41) is 0. The third-order valence-corrected chi connectivity index (χ3v) is 3.44. The zero-order chi connectivity index (χ0) is 14.0. The second kappa shape index (κ2) is 5.36. The van der Waals surface area contributed by atoms with E-state index in [0.29, 0.717) is 25.1 Å². The van der Waals surface area contributed by atoms with Gasteiger partial charge in [0.1, 0.15) is 5.82 Å². The van der Waals surface area contributed by atoms with Gasteiger partial charge in [-0.15, -0.1) is 0 Å². The van der Waals surface area contributed by atoms with Gasteiger partial charge in [0.05, 0.1) is 11.6 Å². The van der Waals surface area contributed by atoms with Gasteiger partial charge in [-0.3, -0.25) is 4.90 Å². The Morgan fingerprint density at radius 1 is 1.32 bits per heavy atom. The highest BCUT2D eigenvalue weighted by molar-refractivity contribution is 5.41. The van der Waals surface area contributed by atoms with Gasteiger partial charge in [-0.25, -0.2) is 4.39 Å². The van der Waals surface area contributed by atoms with Crippen molar-refractivity contribution in [3.8, 4) is 0 Å². The fraction of sp³-hybridized carbons (Fsp3) is 0.538. The van der Waals surface area contributed by atoms with Gasteiger partial charge >= 0.3 is 6.18 Å². The predicted molar refractivity (Wildman–Crippen MR) is 64.9 cm³/mol. The maximum atomic E-state index is 13.3. The molecule has 0 amide bonds. The lowest BCUT2D eigenvalue weighted by Crippen LogP contribution is -2.41. The molecule has 6 heteroatoms. The quantitative estimate of drug-likeness (QED) is 0.664. The van der Waals surface area contributed by atoms with Crippen LogP contribution in [0, 0.1) is 11.7 Å². The molecule has 1 aliphatic heterocycles. The molecule has 106 valence electrons. The minimum absolute atomic E-state index is 0.0184. The second-order valence-corrected chi connectivity index (χ2v) is 4.97. The first-order chi connectivity index (χ1) is 8.86. The van der Waals surface area contributed by atoms with E-state index in [1.807, 2.05) is 0 Å². The first kappa shape index (κ1) is 14.1. The van der Waals surface area contributed by atoms with Crippen molar-refractivity contribution in [1.82, 2.24) is 4.90 Å². The summed E-state index contributed by atoms with van der Waals surface area (Å²) < 4.78 is 51.3. The van der Waals surface area contributed by atoms with Crippen LogP contribution in [0.4, 0.5) is 23.2 Å². The Morgan fingerprint density at radius 2 is 2.05 bits per heavy atom. The number of rotatable bonds is 2. The molecule has 1 atom stereocenters. The number of alkyl halides is 3. The van der Waals surface area contributed by atoms with Crippen molar-refractivity contribution in [2.75, 3.05) is 18.8 Å².